The molecule has 0 bridgehead atoms. The molecule has 4 rings (SSSR count). The Morgan fingerprint density at radius 2 is 1.51 bits per heavy atom. The van der Waals surface area contributed by atoms with E-state index in [4.69, 9.17) is 9.47 Å². The van der Waals surface area contributed by atoms with Crippen molar-refractivity contribution >= 4 is 12.0 Å². The van der Waals surface area contributed by atoms with Gasteiger partial charge < -0.3 is 19.7 Å². The number of rotatable bonds is 6. The molecule has 1 heterocycles. The van der Waals surface area contributed by atoms with Crippen LogP contribution in [-0.4, -0.2) is 47.7 Å². The van der Waals surface area contributed by atoms with Gasteiger partial charge >= 0.3 is 18.4 Å². The molecule has 0 radical (unpaired) electrons. The molecule has 2 fully saturated rings. The molecule has 13 heteroatoms. The van der Waals surface area contributed by atoms with Gasteiger partial charge in [-0.05, 0) is 94.8 Å². The zero-order valence-electron chi connectivity index (χ0n) is 25.4. The summed E-state index contributed by atoms with van der Waals surface area (Å²) in [6.07, 6.45) is -10.6. The predicted molar refractivity (Wildman–Crippen MR) is 151 cm³/mol. The Hall–Kier alpha value is -3.35. The lowest BCUT2D eigenvalue weighted by Gasteiger charge is -2.41. The Morgan fingerprint density at radius 1 is 0.911 bits per heavy atom. The number of hydrogen-bond donors (Lipinski definition) is 1. The van der Waals surface area contributed by atoms with Gasteiger partial charge in [0.1, 0.15) is 11.4 Å². The summed E-state index contributed by atoms with van der Waals surface area (Å²) in [4.78, 5) is 27.4. The molecule has 45 heavy (non-hydrogen) atoms. The number of benzene rings is 2. The standard InChI is InChI=1S/C32H37F7N2O4/c1-18(21-13-22(31(34,35)36)16-23(14-21)32(37,38)39)44-27-11-12-41(17-26(27)19-5-8-24(33)9-6-19)28(42)20-7-10-25(15-20)40-29(43)45-30(2,3)4/h5-6,8-9,13-14,16,18,20,25-27H,7,10-12,15,17H2,1-4H3,(H,40,43)/t18-,20-,25+,26-,27+/m1/s1. The van der Waals surface area contributed by atoms with Crippen molar-refractivity contribution in [3.8, 4) is 0 Å². The van der Waals surface area contributed by atoms with Gasteiger partial charge in [-0.15, -0.1) is 0 Å². The molecule has 1 aliphatic heterocycles. The summed E-state index contributed by atoms with van der Waals surface area (Å²) in [5, 5.41) is 2.81. The topological polar surface area (TPSA) is 67.9 Å². The first kappa shape index (κ1) is 34.5. The number of piperidine rings is 1. The molecule has 5 atom stereocenters. The van der Waals surface area contributed by atoms with E-state index in [9.17, 15) is 40.3 Å². The quantitative estimate of drug-likeness (QED) is 0.323. The minimum Gasteiger partial charge on any atom is -0.444 e. The maximum Gasteiger partial charge on any atom is 0.416 e. The fourth-order valence-corrected chi connectivity index (χ4v) is 5.95. The molecule has 2 aromatic rings. The Morgan fingerprint density at radius 3 is 2.07 bits per heavy atom. The van der Waals surface area contributed by atoms with Gasteiger partial charge in [-0.25, -0.2) is 9.18 Å². The largest absolute Gasteiger partial charge is 0.444 e. The van der Waals surface area contributed by atoms with E-state index in [1.807, 2.05) is 0 Å². The molecule has 0 aromatic heterocycles. The van der Waals surface area contributed by atoms with Gasteiger partial charge in [0.2, 0.25) is 5.91 Å². The van der Waals surface area contributed by atoms with Gasteiger partial charge in [0, 0.05) is 31.0 Å². The van der Waals surface area contributed by atoms with Crippen LogP contribution in [0.4, 0.5) is 35.5 Å². The third-order valence-corrected chi connectivity index (χ3v) is 8.12. The van der Waals surface area contributed by atoms with Gasteiger partial charge in [0.05, 0.1) is 23.3 Å². The van der Waals surface area contributed by atoms with Crippen LogP contribution in [0.1, 0.15) is 87.7 Å². The van der Waals surface area contributed by atoms with Gasteiger partial charge in [0.15, 0.2) is 0 Å². The van der Waals surface area contributed by atoms with Crippen LogP contribution in [0.5, 0.6) is 0 Å². The number of ether oxygens (including phenoxy) is 2. The zero-order valence-corrected chi connectivity index (χ0v) is 25.4. The van der Waals surface area contributed by atoms with E-state index in [2.05, 4.69) is 5.32 Å². The maximum atomic E-state index is 13.8. The summed E-state index contributed by atoms with van der Waals surface area (Å²) in [7, 11) is 0. The number of alkyl halides is 6. The first-order valence-electron chi connectivity index (χ1n) is 14.8. The Kier molecular flexibility index (Phi) is 10.1. The van der Waals surface area contributed by atoms with Gasteiger partial charge in [-0.3, -0.25) is 4.79 Å². The molecule has 1 aliphatic carbocycles. The number of nitrogens with zero attached hydrogens (tertiary/aromatic N) is 1. The van der Waals surface area contributed by atoms with Crippen LogP contribution in [0.3, 0.4) is 0 Å². The van der Waals surface area contributed by atoms with E-state index < -0.39 is 59.1 Å². The third kappa shape index (κ3) is 9.11. The number of amides is 2. The fourth-order valence-electron chi connectivity index (χ4n) is 5.95. The molecule has 6 nitrogen and oxygen atoms in total. The highest BCUT2D eigenvalue weighted by Gasteiger charge is 2.41. The monoisotopic (exact) mass is 646 g/mol. The number of alkyl carbamates (subject to hydrolysis) is 1. The normalized spacial score (nSPS) is 23.5. The van der Waals surface area contributed by atoms with E-state index >= 15 is 0 Å². The molecular weight excluding hydrogens is 609 g/mol. The minimum absolute atomic E-state index is 0.0677. The van der Waals surface area contributed by atoms with Crippen LogP contribution >= 0.6 is 0 Å². The van der Waals surface area contributed by atoms with Crippen LogP contribution in [0.25, 0.3) is 0 Å². The highest BCUT2D eigenvalue weighted by atomic mass is 19.4. The van der Waals surface area contributed by atoms with Crippen LogP contribution < -0.4 is 5.32 Å². The van der Waals surface area contributed by atoms with Crippen molar-refractivity contribution in [2.45, 2.75) is 95.5 Å². The molecule has 2 aromatic carbocycles. The van der Waals surface area contributed by atoms with Crippen molar-refractivity contribution in [3.63, 3.8) is 0 Å². The Labute approximate surface area is 257 Å². The highest BCUT2D eigenvalue weighted by molar-refractivity contribution is 5.79. The first-order chi connectivity index (χ1) is 20.8. The average molecular weight is 647 g/mol. The molecule has 1 N–H and O–H groups in total. The van der Waals surface area contributed by atoms with E-state index in [-0.39, 0.29) is 49.0 Å². The molecule has 2 aliphatic rings. The zero-order chi connectivity index (χ0) is 33.3. The van der Waals surface area contributed by atoms with Crippen molar-refractivity contribution < 1.29 is 49.8 Å². The van der Waals surface area contributed by atoms with E-state index in [0.29, 0.717) is 37.0 Å². The number of carbonyl (C=O) groups is 2. The number of carbonyl (C=O) groups excluding carboxylic acids is 2. The molecule has 2 amide bonds. The molecule has 1 saturated carbocycles. The summed E-state index contributed by atoms with van der Waals surface area (Å²) in [6, 6.07) is 6.65. The lowest BCUT2D eigenvalue weighted by Crippen LogP contribution is -2.48. The summed E-state index contributed by atoms with van der Waals surface area (Å²) < 4.78 is 106. The van der Waals surface area contributed by atoms with E-state index in [0.717, 1.165) is 0 Å². The van der Waals surface area contributed by atoms with Crippen molar-refractivity contribution in [2.24, 2.45) is 5.92 Å². The highest BCUT2D eigenvalue weighted by Crippen LogP contribution is 2.40. The van der Waals surface area contributed by atoms with Crippen molar-refractivity contribution in [1.29, 1.82) is 0 Å². The van der Waals surface area contributed by atoms with Crippen molar-refractivity contribution in [2.75, 3.05) is 13.1 Å². The lowest BCUT2D eigenvalue weighted by molar-refractivity contribution is -0.143. The maximum absolute atomic E-state index is 13.8. The van der Waals surface area contributed by atoms with Crippen LogP contribution in [0.15, 0.2) is 42.5 Å². The third-order valence-electron chi connectivity index (χ3n) is 8.12. The van der Waals surface area contributed by atoms with Crippen LogP contribution in [-0.2, 0) is 26.6 Å². The van der Waals surface area contributed by atoms with Gasteiger partial charge in [-0.1, -0.05) is 12.1 Å². The summed E-state index contributed by atoms with van der Waals surface area (Å²) in [5.41, 5.74) is -3.22. The number of nitrogens with one attached hydrogen (secondary N) is 1. The summed E-state index contributed by atoms with van der Waals surface area (Å²) in [5.74, 6) is -1.52. The van der Waals surface area contributed by atoms with Crippen molar-refractivity contribution in [3.05, 3.63) is 70.5 Å². The number of hydrogen-bond acceptors (Lipinski definition) is 4. The fraction of sp³-hybridized carbons (Fsp3) is 0.562. The lowest BCUT2D eigenvalue weighted by atomic mass is 9.86. The predicted octanol–water partition coefficient (Wildman–Crippen LogP) is 8.02. The van der Waals surface area contributed by atoms with Crippen LogP contribution in [0.2, 0.25) is 0 Å². The second-order valence-electron chi connectivity index (χ2n) is 12.7. The second-order valence-corrected chi connectivity index (χ2v) is 12.7. The molecular formula is C32H37F7N2O4. The second kappa shape index (κ2) is 13.2. The number of halogens is 7. The Balaban J connectivity index is 1.50. The van der Waals surface area contributed by atoms with Crippen molar-refractivity contribution in [1.82, 2.24) is 10.2 Å². The summed E-state index contributed by atoms with van der Waals surface area (Å²) in [6.45, 7) is 7.02. The van der Waals surface area contributed by atoms with E-state index in [1.165, 1.54) is 31.2 Å². The molecule has 1 saturated heterocycles. The average Bonchev–Trinajstić information content (AvgIpc) is 3.39. The first-order valence-corrected chi connectivity index (χ1v) is 14.8. The smallest absolute Gasteiger partial charge is 0.416 e. The molecule has 0 spiro atoms. The number of likely N-dealkylation sites (tertiary alicyclic amines) is 1. The molecule has 248 valence electrons. The van der Waals surface area contributed by atoms with Gasteiger partial charge in [0.25, 0.3) is 0 Å². The minimum atomic E-state index is -5.00. The SMILES string of the molecule is C[C@@H](O[C@H]1CCN(C(=O)[C@@H]2CC[C@H](NC(=O)OC(C)(C)C)C2)C[C@@H]1c1ccc(F)cc1)c1cc(C(F)(F)F)cc(C(F)(F)F)c1. The summed E-state index contributed by atoms with van der Waals surface area (Å²) >= 11 is 0. The van der Waals surface area contributed by atoms with E-state index in [1.54, 1.807) is 25.7 Å². The van der Waals surface area contributed by atoms with Crippen LogP contribution in [0, 0.1) is 11.7 Å². The Bertz CT molecular complexity index is 1320. The molecule has 0 unspecified atom stereocenters. The van der Waals surface area contributed by atoms with Gasteiger partial charge in [-0.2, -0.15) is 26.3 Å².